The molecule has 2 aliphatic heterocycles. The molecule has 2 heterocycles. The summed E-state index contributed by atoms with van der Waals surface area (Å²) in [4.78, 5) is 17.2. The number of nitrogens with one attached hydrogen (secondary N) is 1. The monoisotopic (exact) mass is 331 g/mol. The van der Waals surface area contributed by atoms with Crippen molar-refractivity contribution in [3.8, 4) is 0 Å². The summed E-state index contributed by atoms with van der Waals surface area (Å²) in [6.45, 7) is 8.15. The summed E-state index contributed by atoms with van der Waals surface area (Å²) in [7, 11) is 0. The average molecular weight is 331 g/mol. The van der Waals surface area contributed by atoms with Crippen LogP contribution in [-0.2, 0) is 16.1 Å². The van der Waals surface area contributed by atoms with Crippen LogP contribution in [0.1, 0.15) is 18.4 Å². The highest BCUT2D eigenvalue weighted by atomic mass is 16.5. The fourth-order valence-electron chi connectivity index (χ4n) is 3.56. The molecule has 1 N–H and O–H groups in total. The highest BCUT2D eigenvalue weighted by molar-refractivity contribution is 5.78. The van der Waals surface area contributed by atoms with E-state index in [1.807, 2.05) is 6.07 Å². The number of hydrogen-bond acceptors (Lipinski definition) is 4. The Balaban J connectivity index is 1.39. The Morgan fingerprint density at radius 1 is 1.12 bits per heavy atom. The lowest BCUT2D eigenvalue weighted by Gasteiger charge is -2.32. The Labute approximate surface area is 145 Å². The summed E-state index contributed by atoms with van der Waals surface area (Å²) in [5.41, 5.74) is 1.32. The van der Waals surface area contributed by atoms with E-state index in [0.717, 1.165) is 71.9 Å². The van der Waals surface area contributed by atoms with Gasteiger partial charge in [0.2, 0.25) is 5.91 Å². The SMILES string of the molecule is O=C(NCCN1CCOCC1)[C@@H]1CCCN(Cc2ccccc2)C1. The third kappa shape index (κ3) is 5.30. The predicted octanol–water partition coefficient (Wildman–Crippen LogP) is 1.35. The Morgan fingerprint density at radius 2 is 1.92 bits per heavy atom. The second-order valence-electron chi connectivity index (χ2n) is 6.80. The van der Waals surface area contributed by atoms with Crippen LogP contribution in [0.4, 0.5) is 0 Å². The molecule has 24 heavy (non-hydrogen) atoms. The summed E-state index contributed by atoms with van der Waals surface area (Å²) < 4.78 is 5.35. The standard InChI is InChI=1S/C19H29N3O2/c23-19(20-8-10-21-11-13-24-14-12-21)18-7-4-9-22(16-18)15-17-5-2-1-3-6-17/h1-3,5-6,18H,4,7-16H2,(H,20,23)/t18-/m1/s1. The Bertz CT molecular complexity index is 503. The Morgan fingerprint density at radius 3 is 2.71 bits per heavy atom. The van der Waals surface area contributed by atoms with E-state index in [9.17, 15) is 4.79 Å². The first-order valence-electron chi connectivity index (χ1n) is 9.15. The fourth-order valence-corrected chi connectivity index (χ4v) is 3.56. The molecular weight excluding hydrogens is 302 g/mol. The van der Waals surface area contributed by atoms with Gasteiger partial charge >= 0.3 is 0 Å². The zero-order chi connectivity index (χ0) is 16.6. The number of ether oxygens (including phenoxy) is 1. The van der Waals surface area contributed by atoms with E-state index in [1.165, 1.54) is 5.56 Å². The van der Waals surface area contributed by atoms with Crippen molar-refractivity contribution >= 4 is 5.91 Å². The maximum atomic E-state index is 12.5. The van der Waals surface area contributed by atoms with Gasteiger partial charge in [0, 0.05) is 39.3 Å². The van der Waals surface area contributed by atoms with E-state index in [2.05, 4.69) is 39.4 Å². The van der Waals surface area contributed by atoms with Crippen molar-refractivity contribution in [2.75, 3.05) is 52.5 Å². The minimum atomic E-state index is 0.132. The molecule has 1 aromatic carbocycles. The number of morpholine rings is 1. The normalized spacial score (nSPS) is 23.1. The van der Waals surface area contributed by atoms with Crippen molar-refractivity contribution in [2.45, 2.75) is 19.4 Å². The minimum absolute atomic E-state index is 0.132. The predicted molar refractivity (Wildman–Crippen MR) is 94.7 cm³/mol. The summed E-state index contributed by atoms with van der Waals surface area (Å²) >= 11 is 0. The molecule has 132 valence electrons. The number of carbonyl (C=O) groups is 1. The van der Waals surface area contributed by atoms with E-state index < -0.39 is 0 Å². The lowest BCUT2D eigenvalue weighted by molar-refractivity contribution is -0.126. The van der Waals surface area contributed by atoms with Gasteiger partial charge in [0.1, 0.15) is 0 Å². The van der Waals surface area contributed by atoms with Crippen LogP contribution in [0.3, 0.4) is 0 Å². The number of likely N-dealkylation sites (tertiary alicyclic amines) is 1. The number of nitrogens with zero attached hydrogens (tertiary/aromatic N) is 2. The van der Waals surface area contributed by atoms with Crippen LogP contribution in [0.5, 0.6) is 0 Å². The number of hydrogen-bond donors (Lipinski definition) is 1. The summed E-state index contributed by atoms with van der Waals surface area (Å²) in [5.74, 6) is 0.355. The van der Waals surface area contributed by atoms with Crippen molar-refractivity contribution in [1.29, 1.82) is 0 Å². The van der Waals surface area contributed by atoms with Crippen molar-refractivity contribution < 1.29 is 9.53 Å². The van der Waals surface area contributed by atoms with Crippen LogP contribution >= 0.6 is 0 Å². The fraction of sp³-hybridized carbons (Fsp3) is 0.632. The van der Waals surface area contributed by atoms with Crippen LogP contribution in [-0.4, -0.2) is 68.2 Å². The molecule has 3 rings (SSSR count). The second-order valence-corrected chi connectivity index (χ2v) is 6.80. The lowest BCUT2D eigenvalue weighted by Crippen LogP contribution is -2.45. The minimum Gasteiger partial charge on any atom is -0.379 e. The second kappa shape index (κ2) is 9.16. The number of carbonyl (C=O) groups excluding carboxylic acids is 1. The molecule has 2 aliphatic rings. The lowest BCUT2D eigenvalue weighted by atomic mass is 9.96. The molecule has 5 nitrogen and oxygen atoms in total. The topological polar surface area (TPSA) is 44.8 Å². The van der Waals surface area contributed by atoms with E-state index in [1.54, 1.807) is 0 Å². The van der Waals surface area contributed by atoms with Gasteiger partial charge in [-0.25, -0.2) is 0 Å². The zero-order valence-electron chi connectivity index (χ0n) is 14.5. The number of benzene rings is 1. The van der Waals surface area contributed by atoms with Gasteiger partial charge in [-0.15, -0.1) is 0 Å². The maximum absolute atomic E-state index is 12.5. The number of piperidine rings is 1. The van der Waals surface area contributed by atoms with E-state index in [0.29, 0.717) is 0 Å². The molecule has 5 heteroatoms. The summed E-state index contributed by atoms with van der Waals surface area (Å²) in [6, 6.07) is 10.5. The molecule has 1 aromatic rings. The smallest absolute Gasteiger partial charge is 0.224 e. The van der Waals surface area contributed by atoms with Crippen molar-refractivity contribution in [3.05, 3.63) is 35.9 Å². The molecule has 1 amide bonds. The quantitative estimate of drug-likeness (QED) is 0.855. The van der Waals surface area contributed by atoms with E-state index in [4.69, 9.17) is 4.74 Å². The van der Waals surface area contributed by atoms with Crippen molar-refractivity contribution in [1.82, 2.24) is 15.1 Å². The molecule has 2 fully saturated rings. The van der Waals surface area contributed by atoms with Gasteiger partial charge in [0.05, 0.1) is 19.1 Å². The third-order valence-corrected chi connectivity index (χ3v) is 4.96. The molecule has 0 unspecified atom stereocenters. The van der Waals surface area contributed by atoms with E-state index in [-0.39, 0.29) is 11.8 Å². The van der Waals surface area contributed by atoms with Gasteiger partial charge in [0.25, 0.3) is 0 Å². The van der Waals surface area contributed by atoms with Crippen LogP contribution < -0.4 is 5.32 Å². The molecular formula is C19H29N3O2. The molecule has 0 aliphatic carbocycles. The van der Waals surface area contributed by atoms with Gasteiger partial charge in [-0.05, 0) is 24.9 Å². The number of amides is 1. The Hall–Kier alpha value is -1.43. The molecule has 0 radical (unpaired) electrons. The highest BCUT2D eigenvalue weighted by Gasteiger charge is 2.25. The first kappa shape index (κ1) is 17.4. The van der Waals surface area contributed by atoms with Gasteiger partial charge in [0.15, 0.2) is 0 Å². The van der Waals surface area contributed by atoms with Gasteiger partial charge in [-0.1, -0.05) is 30.3 Å². The molecule has 0 saturated carbocycles. The van der Waals surface area contributed by atoms with Gasteiger partial charge in [-0.3, -0.25) is 14.6 Å². The van der Waals surface area contributed by atoms with E-state index >= 15 is 0 Å². The molecule has 0 aromatic heterocycles. The van der Waals surface area contributed by atoms with Crippen molar-refractivity contribution in [3.63, 3.8) is 0 Å². The molecule has 0 spiro atoms. The molecule has 0 bridgehead atoms. The van der Waals surface area contributed by atoms with Crippen LogP contribution in [0, 0.1) is 5.92 Å². The first-order chi connectivity index (χ1) is 11.8. The molecule has 2 saturated heterocycles. The van der Waals surface area contributed by atoms with Crippen LogP contribution in [0.15, 0.2) is 30.3 Å². The first-order valence-corrected chi connectivity index (χ1v) is 9.15. The average Bonchev–Trinajstić information content (AvgIpc) is 2.64. The van der Waals surface area contributed by atoms with Crippen LogP contribution in [0.25, 0.3) is 0 Å². The van der Waals surface area contributed by atoms with Crippen LogP contribution in [0.2, 0.25) is 0 Å². The largest absolute Gasteiger partial charge is 0.379 e. The third-order valence-electron chi connectivity index (χ3n) is 4.96. The maximum Gasteiger partial charge on any atom is 0.224 e. The van der Waals surface area contributed by atoms with Gasteiger partial charge in [-0.2, -0.15) is 0 Å². The summed E-state index contributed by atoms with van der Waals surface area (Å²) in [5, 5.41) is 3.14. The Kier molecular flexibility index (Phi) is 6.64. The number of rotatable bonds is 6. The van der Waals surface area contributed by atoms with Gasteiger partial charge < -0.3 is 10.1 Å². The zero-order valence-corrected chi connectivity index (χ0v) is 14.5. The summed E-state index contributed by atoms with van der Waals surface area (Å²) in [6.07, 6.45) is 2.11. The highest BCUT2D eigenvalue weighted by Crippen LogP contribution is 2.18. The van der Waals surface area contributed by atoms with Crippen molar-refractivity contribution in [2.24, 2.45) is 5.92 Å². The molecule has 1 atom stereocenters.